The van der Waals surface area contributed by atoms with Crippen LogP contribution in [0.3, 0.4) is 0 Å². The average molecular weight is 383 g/mol. The first-order valence-electron chi connectivity index (χ1n) is 8.98. The molecule has 140 valence electrons. The molecular weight excluding hydrogens is 360 g/mol. The second kappa shape index (κ2) is 9.95. The third-order valence-corrected chi connectivity index (χ3v) is 4.40. The Balaban J connectivity index is 1.62. The van der Waals surface area contributed by atoms with E-state index in [0.717, 1.165) is 35.5 Å². The maximum absolute atomic E-state index is 6.20. The van der Waals surface area contributed by atoms with E-state index in [1.54, 1.807) is 6.20 Å². The lowest BCUT2D eigenvalue weighted by Crippen LogP contribution is -2.13. The summed E-state index contributed by atoms with van der Waals surface area (Å²) in [6, 6.07) is 17.7. The summed E-state index contributed by atoms with van der Waals surface area (Å²) in [5.74, 6) is 1.46. The highest BCUT2D eigenvalue weighted by molar-refractivity contribution is 6.31. The molecule has 0 bridgehead atoms. The quantitative estimate of drug-likeness (QED) is 0.565. The number of halogens is 1. The summed E-state index contributed by atoms with van der Waals surface area (Å²) in [7, 11) is 0. The van der Waals surface area contributed by atoms with Crippen LogP contribution in [0.1, 0.15) is 23.6 Å². The standard InChI is InChI=1S/C22H23ClN2O2/c1-2-26-22-12-17(13-25-15-18-6-5-11-24-14-18)9-10-21(22)27-16-19-7-3-4-8-20(19)23/h3-12,14,25H,2,13,15-16H2,1H3. The molecule has 0 amide bonds. The molecule has 1 N–H and O–H groups in total. The van der Waals surface area contributed by atoms with Gasteiger partial charge in [0, 0.05) is 36.1 Å². The highest BCUT2D eigenvalue weighted by atomic mass is 35.5. The molecule has 0 aliphatic carbocycles. The zero-order valence-corrected chi connectivity index (χ0v) is 16.1. The minimum absolute atomic E-state index is 0.401. The van der Waals surface area contributed by atoms with Gasteiger partial charge in [0.1, 0.15) is 6.61 Å². The molecule has 1 heterocycles. The van der Waals surface area contributed by atoms with Gasteiger partial charge >= 0.3 is 0 Å². The maximum atomic E-state index is 6.20. The van der Waals surface area contributed by atoms with Crippen LogP contribution < -0.4 is 14.8 Å². The van der Waals surface area contributed by atoms with Gasteiger partial charge in [-0.1, -0.05) is 41.9 Å². The summed E-state index contributed by atoms with van der Waals surface area (Å²) in [6.45, 7) is 4.45. The minimum atomic E-state index is 0.401. The van der Waals surface area contributed by atoms with E-state index in [9.17, 15) is 0 Å². The molecule has 4 nitrogen and oxygen atoms in total. The van der Waals surface area contributed by atoms with E-state index in [-0.39, 0.29) is 0 Å². The monoisotopic (exact) mass is 382 g/mol. The molecule has 2 aromatic carbocycles. The Kier molecular flexibility index (Phi) is 7.08. The molecule has 0 radical (unpaired) electrons. The molecule has 0 spiro atoms. The molecule has 0 saturated carbocycles. The van der Waals surface area contributed by atoms with Gasteiger partial charge in [0.05, 0.1) is 6.61 Å². The summed E-state index contributed by atoms with van der Waals surface area (Å²) in [4.78, 5) is 4.13. The topological polar surface area (TPSA) is 43.4 Å². The van der Waals surface area contributed by atoms with Crippen LogP contribution in [0.15, 0.2) is 67.0 Å². The van der Waals surface area contributed by atoms with Gasteiger partial charge in [-0.2, -0.15) is 0 Å². The van der Waals surface area contributed by atoms with Crippen molar-refractivity contribution in [3.8, 4) is 11.5 Å². The van der Waals surface area contributed by atoms with Crippen LogP contribution >= 0.6 is 11.6 Å². The van der Waals surface area contributed by atoms with Gasteiger partial charge in [-0.3, -0.25) is 4.98 Å². The molecule has 0 aliphatic heterocycles. The van der Waals surface area contributed by atoms with Crippen LogP contribution in [0.25, 0.3) is 0 Å². The predicted molar refractivity (Wildman–Crippen MR) is 108 cm³/mol. The van der Waals surface area contributed by atoms with Crippen LogP contribution in [-0.4, -0.2) is 11.6 Å². The van der Waals surface area contributed by atoms with E-state index < -0.39 is 0 Å². The Bertz CT molecular complexity index is 856. The molecule has 0 aliphatic rings. The van der Waals surface area contributed by atoms with Gasteiger partial charge in [0.15, 0.2) is 11.5 Å². The number of ether oxygens (including phenoxy) is 2. The number of rotatable bonds is 9. The Morgan fingerprint density at radius 1 is 0.926 bits per heavy atom. The van der Waals surface area contributed by atoms with Crippen LogP contribution in [-0.2, 0) is 19.7 Å². The molecule has 5 heteroatoms. The Hall–Kier alpha value is -2.56. The van der Waals surface area contributed by atoms with E-state index in [1.807, 2.05) is 61.7 Å². The van der Waals surface area contributed by atoms with Crippen molar-refractivity contribution in [3.63, 3.8) is 0 Å². The first-order chi connectivity index (χ1) is 13.3. The van der Waals surface area contributed by atoms with Crippen LogP contribution in [0.5, 0.6) is 11.5 Å². The molecule has 0 atom stereocenters. The second-order valence-electron chi connectivity index (χ2n) is 6.06. The molecule has 0 unspecified atom stereocenters. The maximum Gasteiger partial charge on any atom is 0.161 e. The smallest absolute Gasteiger partial charge is 0.161 e. The van der Waals surface area contributed by atoms with Crippen molar-refractivity contribution in [1.29, 1.82) is 0 Å². The SMILES string of the molecule is CCOc1cc(CNCc2cccnc2)ccc1OCc1ccccc1Cl. The van der Waals surface area contributed by atoms with Crippen molar-refractivity contribution in [2.75, 3.05) is 6.61 Å². The van der Waals surface area contributed by atoms with E-state index in [0.29, 0.717) is 24.0 Å². The van der Waals surface area contributed by atoms with Crippen molar-refractivity contribution in [2.24, 2.45) is 0 Å². The predicted octanol–water partition coefficient (Wildman–Crippen LogP) is 5.00. The van der Waals surface area contributed by atoms with Crippen LogP contribution in [0.4, 0.5) is 0 Å². The highest BCUT2D eigenvalue weighted by Gasteiger charge is 2.08. The molecule has 27 heavy (non-hydrogen) atoms. The molecular formula is C22H23ClN2O2. The van der Waals surface area contributed by atoms with Gasteiger partial charge in [-0.25, -0.2) is 0 Å². The number of benzene rings is 2. The van der Waals surface area contributed by atoms with Gasteiger partial charge in [-0.05, 0) is 42.3 Å². The number of aromatic nitrogens is 1. The van der Waals surface area contributed by atoms with Crippen molar-refractivity contribution >= 4 is 11.6 Å². The van der Waals surface area contributed by atoms with Gasteiger partial charge in [0.2, 0.25) is 0 Å². The lowest BCUT2D eigenvalue weighted by atomic mass is 10.2. The van der Waals surface area contributed by atoms with E-state index in [4.69, 9.17) is 21.1 Å². The first-order valence-corrected chi connectivity index (χ1v) is 9.35. The fraction of sp³-hybridized carbons (Fsp3) is 0.227. The number of pyridine rings is 1. The van der Waals surface area contributed by atoms with E-state index in [1.165, 1.54) is 0 Å². The number of hydrogen-bond acceptors (Lipinski definition) is 4. The van der Waals surface area contributed by atoms with Gasteiger partial charge in [0.25, 0.3) is 0 Å². The third-order valence-electron chi connectivity index (χ3n) is 4.03. The average Bonchev–Trinajstić information content (AvgIpc) is 2.69. The second-order valence-corrected chi connectivity index (χ2v) is 6.47. The first kappa shape index (κ1) is 19.2. The zero-order valence-electron chi connectivity index (χ0n) is 15.3. The van der Waals surface area contributed by atoms with Gasteiger partial charge in [-0.15, -0.1) is 0 Å². The number of nitrogens with zero attached hydrogens (tertiary/aromatic N) is 1. The Labute approximate surface area is 165 Å². The van der Waals surface area contributed by atoms with Crippen LogP contribution in [0.2, 0.25) is 5.02 Å². The highest BCUT2D eigenvalue weighted by Crippen LogP contribution is 2.30. The Morgan fingerprint density at radius 3 is 2.56 bits per heavy atom. The summed E-state index contributed by atoms with van der Waals surface area (Å²) >= 11 is 6.20. The molecule has 3 rings (SSSR count). The van der Waals surface area contributed by atoms with Gasteiger partial charge < -0.3 is 14.8 Å². The summed E-state index contributed by atoms with van der Waals surface area (Å²) in [5.41, 5.74) is 3.23. The minimum Gasteiger partial charge on any atom is -0.490 e. The zero-order chi connectivity index (χ0) is 18.9. The lowest BCUT2D eigenvalue weighted by molar-refractivity contribution is 0.269. The van der Waals surface area contributed by atoms with Crippen molar-refractivity contribution in [1.82, 2.24) is 10.3 Å². The van der Waals surface area contributed by atoms with E-state index in [2.05, 4.69) is 16.4 Å². The summed E-state index contributed by atoms with van der Waals surface area (Å²) < 4.78 is 11.7. The normalized spacial score (nSPS) is 10.6. The molecule has 0 fully saturated rings. The largest absolute Gasteiger partial charge is 0.490 e. The Morgan fingerprint density at radius 2 is 1.78 bits per heavy atom. The summed E-state index contributed by atoms with van der Waals surface area (Å²) in [6.07, 6.45) is 3.64. The molecule has 1 aromatic heterocycles. The fourth-order valence-corrected chi connectivity index (χ4v) is 2.87. The molecule has 3 aromatic rings. The third kappa shape index (κ3) is 5.71. The van der Waals surface area contributed by atoms with Crippen molar-refractivity contribution in [2.45, 2.75) is 26.6 Å². The summed E-state index contributed by atoms with van der Waals surface area (Å²) in [5, 5.41) is 4.12. The van der Waals surface area contributed by atoms with Crippen molar-refractivity contribution in [3.05, 3.63) is 88.7 Å². The van der Waals surface area contributed by atoms with Crippen LogP contribution in [0, 0.1) is 0 Å². The fourth-order valence-electron chi connectivity index (χ4n) is 2.67. The van der Waals surface area contributed by atoms with E-state index >= 15 is 0 Å². The number of hydrogen-bond donors (Lipinski definition) is 1. The lowest BCUT2D eigenvalue weighted by Gasteiger charge is -2.14. The molecule has 0 saturated heterocycles. The van der Waals surface area contributed by atoms with Crippen molar-refractivity contribution < 1.29 is 9.47 Å². The number of nitrogens with one attached hydrogen (secondary N) is 1.